The van der Waals surface area contributed by atoms with Gasteiger partial charge < -0.3 is 129 Å². The summed E-state index contributed by atoms with van der Waals surface area (Å²) in [6, 6.07) is 0. The van der Waals surface area contributed by atoms with Crippen molar-refractivity contribution >= 4 is 0 Å². The van der Waals surface area contributed by atoms with Gasteiger partial charge in [0.25, 0.3) is 0 Å². The van der Waals surface area contributed by atoms with Gasteiger partial charge >= 0.3 is 0 Å². The Balaban J connectivity index is 1.51. The summed E-state index contributed by atoms with van der Waals surface area (Å²) >= 11 is 0. The Kier molecular flexibility index (Phi) is 16.1. The van der Waals surface area contributed by atoms with Gasteiger partial charge in [-0.1, -0.05) is 0 Å². The van der Waals surface area contributed by atoms with E-state index in [4.69, 9.17) is 42.6 Å². The summed E-state index contributed by atoms with van der Waals surface area (Å²) in [5, 5.41) is 177. The molecular formula is C30H52O26. The fourth-order valence-corrected chi connectivity index (χ4v) is 6.96. The van der Waals surface area contributed by atoms with Crippen molar-refractivity contribution in [3.8, 4) is 0 Å². The predicted octanol–water partition coefficient (Wildman–Crippen LogP) is -11.9. The number of hydrogen-bond acceptors (Lipinski definition) is 26. The van der Waals surface area contributed by atoms with Crippen molar-refractivity contribution in [2.75, 3.05) is 33.0 Å². The van der Waals surface area contributed by atoms with Crippen LogP contribution in [0.3, 0.4) is 0 Å². The zero-order chi connectivity index (χ0) is 41.3. The van der Waals surface area contributed by atoms with Crippen LogP contribution in [0.25, 0.3) is 0 Å². The summed E-state index contributed by atoms with van der Waals surface area (Å²) in [6.45, 7) is -4.69. The third kappa shape index (κ3) is 9.16. The second-order valence-corrected chi connectivity index (χ2v) is 13.9. The van der Waals surface area contributed by atoms with E-state index in [-0.39, 0.29) is 0 Å². The second-order valence-electron chi connectivity index (χ2n) is 13.9. The minimum atomic E-state index is -2.16. The smallest absolute Gasteiger partial charge is 0.187 e. The standard InChI is InChI=1S/C30H52O26/c31-1-6-13(38)18(43)23(26(47)48-6)54-29-24(19(44)14(39)9(4-34)51-29)55-30-25(56-28-21(46)17(42)12(37)8(3-33)50-28)22(15(40)10(5-35)52-30)53-27-20(45)16(41)11(36)7(2-32)49-27/h6-47H,1-5H2. The van der Waals surface area contributed by atoms with Crippen LogP contribution in [0.5, 0.6) is 0 Å². The van der Waals surface area contributed by atoms with Crippen LogP contribution in [0.2, 0.25) is 0 Å². The Morgan fingerprint density at radius 1 is 0.268 bits per heavy atom. The monoisotopic (exact) mass is 828 g/mol. The molecule has 5 heterocycles. The lowest BCUT2D eigenvalue weighted by atomic mass is 9.95. The quantitative estimate of drug-likeness (QED) is 0.0819. The van der Waals surface area contributed by atoms with Gasteiger partial charge in [-0.05, 0) is 0 Å². The molecule has 56 heavy (non-hydrogen) atoms. The summed E-state index contributed by atoms with van der Waals surface area (Å²) in [5.41, 5.74) is 0. The Morgan fingerprint density at radius 3 is 1.02 bits per heavy atom. The Bertz CT molecular complexity index is 1200. The van der Waals surface area contributed by atoms with E-state index in [1.165, 1.54) is 0 Å². The van der Waals surface area contributed by atoms with Crippen LogP contribution >= 0.6 is 0 Å². The average molecular weight is 829 g/mol. The number of rotatable bonds is 13. The molecule has 17 N–H and O–H groups in total. The molecule has 5 saturated heterocycles. The second kappa shape index (κ2) is 19.6. The van der Waals surface area contributed by atoms with E-state index in [0.717, 1.165) is 0 Å². The number of hydrogen-bond donors (Lipinski definition) is 17. The summed E-state index contributed by atoms with van der Waals surface area (Å²) in [4.78, 5) is 0. The van der Waals surface area contributed by atoms with Crippen LogP contribution in [0, 0.1) is 0 Å². The normalized spacial score (nSPS) is 53.2. The Morgan fingerprint density at radius 2 is 0.571 bits per heavy atom. The van der Waals surface area contributed by atoms with E-state index < -0.39 is 187 Å². The first-order valence-electron chi connectivity index (χ1n) is 17.6. The molecule has 0 amide bonds. The largest absolute Gasteiger partial charge is 0.394 e. The highest BCUT2D eigenvalue weighted by molar-refractivity contribution is 4.99. The first-order chi connectivity index (χ1) is 26.5. The fourth-order valence-electron chi connectivity index (χ4n) is 6.96. The summed E-state index contributed by atoms with van der Waals surface area (Å²) in [7, 11) is 0. The molecule has 0 saturated carbocycles. The number of aliphatic hydroxyl groups is 17. The van der Waals surface area contributed by atoms with Crippen molar-refractivity contribution in [3.05, 3.63) is 0 Å². The van der Waals surface area contributed by atoms with Crippen LogP contribution in [0.4, 0.5) is 0 Å². The third-order valence-corrected chi connectivity index (χ3v) is 10.3. The predicted molar refractivity (Wildman–Crippen MR) is 167 cm³/mol. The SMILES string of the molecule is OCC1OC(OC2C(OC3C(OC4C(O)OC(CO)C(O)C4O)OC(CO)C(O)C3O)OC(CO)C(O)C2OC2OC(CO)C(O)C(O)C2O)C(O)C(O)C1O. The molecule has 26 heteroatoms. The van der Waals surface area contributed by atoms with Gasteiger partial charge in [0.2, 0.25) is 0 Å². The van der Waals surface area contributed by atoms with Gasteiger partial charge in [0.15, 0.2) is 31.5 Å². The summed E-state index contributed by atoms with van der Waals surface area (Å²) in [5.74, 6) is 0. The minimum Gasteiger partial charge on any atom is -0.394 e. The Hall–Kier alpha value is -1.04. The zero-order valence-corrected chi connectivity index (χ0v) is 29.2. The van der Waals surface area contributed by atoms with Gasteiger partial charge in [0, 0.05) is 0 Å². The molecule has 26 nitrogen and oxygen atoms in total. The molecule has 0 aliphatic carbocycles. The molecule has 0 bridgehead atoms. The number of aliphatic hydroxyl groups excluding tert-OH is 17. The molecule has 5 rings (SSSR count). The molecule has 5 aliphatic rings. The lowest BCUT2D eigenvalue weighted by molar-refractivity contribution is -0.416. The first kappa shape index (κ1) is 46.0. The molecule has 0 radical (unpaired) electrons. The maximum atomic E-state index is 11.4. The minimum absolute atomic E-state index is 0.843. The number of ether oxygens (including phenoxy) is 9. The first-order valence-corrected chi connectivity index (χ1v) is 17.6. The molecule has 25 atom stereocenters. The highest BCUT2D eigenvalue weighted by atomic mass is 16.8. The van der Waals surface area contributed by atoms with Gasteiger partial charge in [-0.3, -0.25) is 0 Å². The maximum absolute atomic E-state index is 11.4. The molecule has 0 aromatic rings. The highest BCUT2D eigenvalue weighted by Gasteiger charge is 2.58. The maximum Gasteiger partial charge on any atom is 0.187 e. The topological polar surface area (TPSA) is 427 Å². The van der Waals surface area contributed by atoms with Gasteiger partial charge in [0.1, 0.15) is 122 Å². The van der Waals surface area contributed by atoms with E-state index in [1.54, 1.807) is 0 Å². The van der Waals surface area contributed by atoms with Crippen molar-refractivity contribution in [1.82, 2.24) is 0 Å². The van der Waals surface area contributed by atoms with Crippen molar-refractivity contribution < 1.29 is 129 Å². The van der Waals surface area contributed by atoms with Gasteiger partial charge in [0.05, 0.1) is 33.0 Å². The van der Waals surface area contributed by atoms with Gasteiger partial charge in [-0.2, -0.15) is 0 Å². The molecule has 5 aliphatic heterocycles. The van der Waals surface area contributed by atoms with Gasteiger partial charge in [-0.15, -0.1) is 0 Å². The van der Waals surface area contributed by atoms with E-state index in [1.807, 2.05) is 0 Å². The Labute approximate surface area is 316 Å². The molecule has 25 unspecified atom stereocenters. The van der Waals surface area contributed by atoms with Crippen LogP contribution < -0.4 is 0 Å². The van der Waals surface area contributed by atoms with E-state index in [0.29, 0.717) is 0 Å². The van der Waals surface area contributed by atoms with Crippen LogP contribution in [-0.2, 0) is 42.6 Å². The van der Waals surface area contributed by atoms with Crippen molar-refractivity contribution in [1.29, 1.82) is 0 Å². The molecule has 0 aromatic heterocycles. The lowest BCUT2D eigenvalue weighted by Gasteiger charge is -2.51. The lowest BCUT2D eigenvalue weighted by Crippen LogP contribution is -2.69. The molecular weight excluding hydrogens is 776 g/mol. The van der Waals surface area contributed by atoms with Crippen LogP contribution in [0.15, 0.2) is 0 Å². The molecule has 0 spiro atoms. The summed E-state index contributed by atoms with van der Waals surface area (Å²) < 4.78 is 50.5. The van der Waals surface area contributed by atoms with E-state index in [2.05, 4.69) is 0 Å². The van der Waals surface area contributed by atoms with Crippen LogP contribution in [0.1, 0.15) is 0 Å². The third-order valence-electron chi connectivity index (χ3n) is 10.3. The fraction of sp³-hybridized carbons (Fsp3) is 1.00. The highest BCUT2D eigenvalue weighted by Crippen LogP contribution is 2.37. The van der Waals surface area contributed by atoms with Crippen molar-refractivity contribution in [2.45, 2.75) is 154 Å². The molecule has 0 aromatic carbocycles. The average Bonchev–Trinajstić information content (AvgIpc) is 3.19. The van der Waals surface area contributed by atoms with Gasteiger partial charge in [-0.25, -0.2) is 0 Å². The van der Waals surface area contributed by atoms with Crippen molar-refractivity contribution in [3.63, 3.8) is 0 Å². The van der Waals surface area contributed by atoms with Crippen LogP contribution in [-0.4, -0.2) is 273 Å². The van der Waals surface area contributed by atoms with E-state index >= 15 is 0 Å². The van der Waals surface area contributed by atoms with E-state index in [9.17, 15) is 86.8 Å². The molecule has 5 fully saturated rings. The molecule has 328 valence electrons. The zero-order valence-electron chi connectivity index (χ0n) is 29.2. The van der Waals surface area contributed by atoms with Crippen molar-refractivity contribution in [2.24, 2.45) is 0 Å². The summed E-state index contributed by atoms with van der Waals surface area (Å²) in [6.07, 6.45) is -48.6.